The van der Waals surface area contributed by atoms with Gasteiger partial charge in [-0.15, -0.1) is 0 Å². The molecule has 1 N–H and O–H groups in total. The number of amides is 1. The minimum Gasteiger partial charge on any atom is -0.507 e. The minimum absolute atomic E-state index is 0.0383. The average molecular weight is 493 g/mol. The standard InChI is InChI=1S/C28H32N2O6/c1-5-29(6-2)13-14-30-24(18-7-9-19(10-8-18)28(34)35-4)23(26(32)27(30)33)25(31)20-11-12-22-21(16-20)15-17(3)36-22/h7-12,16-17,24,31H,5-6,13-15H2,1-4H3/b25-23-. The van der Waals surface area contributed by atoms with Gasteiger partial charge in [-0.1, -0.05) is 26.0 Å². The van der Waals surface area contributed by atoms with Gasteiger partial charge in [0.25, 0.3) is 11.7 Å². The van der Waals surface area contributed by atoms with Crippen LogP contribution in [-0.2, 0) is 20.7 Å². The van der Waals surface area contributed by atoms with E-state index in [9.17, 15) is 19.5 Å². The zero-order valence-corrected chi connectivity index (χ0v) is 21.1. The molecule has 2 aliphatic rings. The number of methoxy groups -OCH3 is 1. The molecule has 0 aromatic heterocycles. The molecule has 1 fully saturated rings. The lowest BCUT2D eigenvalue weighted by atomic mass is 9.94. The van der Waals surface area contributed by atoms with Crippen molar-refractivity contribution in [3.05, 3.63) is 70.3 Å². The number of rotatable bonds is 8. The molecule has 1 saturated heterocycles. The highest BCUT2D eigenvalue weighted by Crippen LogP contribution is 2.40. The Hall–Kier alpha value is -3.65. The topological polar surface area (TPSA) is 96.4 Å². The number of esters is 1. The van der Waals surface area contributed by atoms with Crippen LogP contribution in [0.5, 0.6) is 5.75 Å². The highest BCUT2D eigenvalue weighted by atomic mass is 16.5. The van der Waals surface area contributed by atoms with Crippen molar-refractivity contribution in [2.75, 3.05) is 33.3 Å². The Morgan fingerprint density at radius 3 is 2.42 bits per heavy atom. The summed E-state index contributed by atoms with van der Waals surface area (Å²) in [5, 5.41) is 11.4. The van der Waals surface area contributed by atoms with E-state index in [4.69, 9.17) is 9.47 Å². The van der Waals surface area contributed by atoms with E-state index in [1.807, 2.05) is 26.8 Å². The smallest absolute Gasteiger partial charge is 0.337 e. The molecular formula is C28H32N2O6. The quantitative estimate of drug-likeness (QED) is 0.261. The van der Waals surface area contributed by atoms with E-state index in [1.165, 1.54) is 12.0 Å². The van der Waals surface area contributed by atoms with E-state index in [-0.39, 0.29) is 17.4 Å². The number of likely N-dealkylation sites (tertiary alicyclic amines) is 1. The van der Waals surface area contributed by atoms with Crippen molar-refractivity contribution < 1.29 is 29.0 Å². The first kappa shape index (κ1) is 25.4. The lowest BCUT2D eigenvalue weighted by Gasteiger charge is -2.28. The summed E-state index contributed by atoms with van der Waals surface area (Å²) in [6, 6.07) is 11.1. The van der Waals surface area contributed by atoms with E-state index < -0.39 is 23.7 Å². The first-order valence-corrected chi connectivity index (χ1v) is 12.3. The van der Waals surface area contributed by atoms with Crippen molar-refractivity contribution in [2.45, 2.75) is 39.3 Å². The van der Waals surface area contributed by atoms with Gasteiger partial charge in [0.05, 0.1) is 24.3 Å². The van der Waals surface area contributed by atoms with Crippen LogP contribution in [0.25, 0.3) is 5.76 Å². The number of hydrogen-bond donors (Lipinski definition) is 1. The number of nitrogens with zero attached hydrogens (tertiary/aromatic N) is 2. The number of benzene rings is 2. The molecule has 4 rings (SSSR count). The lowest BCUT2D eigenvalue weighted by molar-refractivity contribution is -0.140. The van der Waals surface area contributed by atoms with Crippen molar-refractivity contribution in [1.29, 1.82) is 0 Å². The third-order valence-electron chi connectivity index (χ3n) is 6.91. The maximum Gasteiger partial charge on any atom is 0.337 e. The molecular weight excluding hydrogens is 460 g/mol. The Kier molecular flexibility index (Phi) is 7.45. The monoisotopic (exact) mass is 492 g/mol. The number of fused-ring (bicyclic) bond motifs is 1. The summed E-state index contributed by atoms with van der Waals surface area (Å²) in [6.45, 7) is 8.59. The summed E-state index contributed by atoms with van der Waals surface area (Å²) >= 11 is 0. The fourth-order valence-corrected chi connectivity index (χ4v) is 4.89. The molecule has 2 aromatic carbocycles. The molecule has 8 heteroatoms. The van der Waals surface area contributed by atoms with Crippen LogP contribution in [0.1, 0.15) is 53.9 Å². The maximum atomic E-state index is 13.3. The first-order chi connectivity index (χ1) is 17.3. The third-order valence-corrected chi connectivity index (χ3v) is 6.91. The summed E-state index contributed by atoms with van der Waals surface area (Å²) in [6.07, 6.45) is 0.740. The molecule has 2 unspecified atom stereocenters. The SMILES string of the molecule is CCN(CC)CCN1C(=O)C(=O)/C(=C(\O)c2ccc3c(c2)CC(C)O3)C1c1ccc(C(=O)OC)cc1. The molecule has 190 valence electrons. The molecule has 2 heterocycles. The third kappa shape index (κ3) is 4.73. The summed E-state index contributed by atoms with van der Waals surface area (Å²) in [5.74, 6) is -1.31. The van der Waals surface area contributed by atoms with Crippen LogP contribution >= 0.6 is 0 Å². The second-order valence-corrected chi connectivity index (χ2v) is 9.09. The number of carbonyl (C=O) groups is 3. The van der Waals surface area contributed by atoms with Crippen molar-refractivity contribution in [3.8, 4) is 5.75 Å². The van der Waals surface area contributed by atoms with Crippen molar-refractivity contribution in [3.63, 3.8) is 0 Å². The average Bonchev–Trinajstić information content (AvgIpc) is 3.39. The van der Waals surface area contributed by atoms with Gasteiger partial charge in [0, 0.05) is 25.1 Å². The van der Waals surface area contributed by atoms with Crippen molar-refractivity contribution >= 4 is 23.4 Å². The van der Waals surface area contributed by atoms with Crippen LogP contribution in [0, 0.1) is 0 Å². The molecule has 0 radical (unpaired) electrons. The second kappa shape index (κ2) is 10.5. The van der Waals surface area contributed by atoms with Crippen LogP contribution in [0.15, 0.2) is 48.0 Å². The Bertz CT molecular complexity index is 1200. The number of carbonyl (C=O) groups excluding carboxylic acids is 3. The van der Waals surface area contributed by atoms with Gasteiger partial charge >= 0.3 is 5.97 Å². The zero-order chi connectivity index (χ0) is 26.0. The van der Waals surface area contributed by atoms with Crippen molar-refractivity contribution in [2.24, 2.45) is 0 Å². The van der Waals surface area contributed by atoms with Gasteiger partial charge in [0.2, 0.25) is 0 Å². The molecule has 0 bridgehead atoms. The van der Waals surface area contributed by atoms with Crippen LogP contribution < -0.4 is 4.74 Å². The van der Waals surface area contributed by atoms with Crippen LogP contribution in [0.2, 0.25) is 0 Å². The highest BCUT2D eigenvalue weighted by molar-refractivity contribution is 6.46. The molecule has 0 aliphatic carbocycles. The molecule has 2 aromatic rings. The van der Waals surface area contributed by atoms with Gasteiger partial charge in [-0.05, 0) is 61.5 Å². The molecule has 36 heavy (non-hydrogen) atoms. The van der Waals surface area contributed by atoms with E-state index >= 15 is 0 Å². The number of ketones is 1. The van der Waals surface area contributed by atoms with Gasteiger partial charge in [-0.25, -0.2) is 4.79 Å². The molecule has 2 atom stereocenters. The van der Waals surface area contributed by atoms with E-state index in [1.54, 1.807) is 36.4 Å². The molecule has 2 aliphatic heterocycles. The Labute approximate surface area is 211 Å². The number of Topliss-reactive ketones (excluding diaryl/α,β-unsaturated/α-hetero) is 1. The van der Waals surface area contributed by atoms with Crippen LogP contribution in [-0.4, -0.2) is 72.0 Å². The fraction of sp³-hybridized carbons (Fsp3) is 0.393. The van der Waals surface area contributed by atoms with Gasteiger partial charge in [-0.3, -0.25) is 9.59 Å². The van der Waals surface area contributed by atoms with Gasteiger partial charge in [-0.2, -0.15) is 0 Å². The van der Waals surface area contributed by atoms with E-state index in [2.05, 4.69) is 4.90 Å². The molecule has 8 nitrogen and oxygen atoms in total. The summed E-state index contributed by atoms with van der Waals surface area (Å²) in [7, 11) is 1.31. The Morgan fingerprint density at radius 1 is 1.11 bits per heavy atom. The molecule has 1 amide bonds. The van der Waals surface area contributed by atoms with Gasteiger partial charge in [0.15, 0.2) is 0 Å². The predicted octanol–water partition coefficient (Wildman–Crippen LogP) is 3.56. The maximum absolute atomic E-state index is 13.3. The van der Waals surface area contributed by atoms with Crippen LogP contribution in [0.4, 0.5) is 0 Å². The van der Waals surface area contributed by atoms with Gasteiger partial charge < -0.3 is 24.4 Å². The number of aliphatic hydroxyl groups excluding tert-OH is 1. The number of hydrogen-bond acceptors (Lipinski definition) is 7. The fourth-order valence-electron chi connectivity index (χ4n) is 4.89. The Morgan fingerprint density at radius 2 is 1.78 bits per heavy atom. The highest BCUT2D eigenvalue weighted by Gasteiger charge is 2.46. The second-order valence-electron chi connectivity index (χ2n) is 9.09. The number of likely N-dealkylation sites (N-methyl/N-ethyl adjacent to an activating group) is 1. The normalized spacial score (nSPS) is 20.5. The lowest BCUT2D eigenvalue weighted by Crippen LogP contribution is -2.38. The largest absolute Gasteiger partial charge is 0.507 e. The Balaban J connectivity index is 1.78. The van der Waals surface area contributed by atoms with Gasteiger partial charge in [0.1, 0.15) is 17.6 Å². The summed E-state index contributed by atoms with van der Waals surface area (Å²) in [4.78, 5) is 42.1. The van der Waals surface area contributed by atoms with E-state index in [0.717, 1.165) is 24.4 Å². The number of aliphatic hydroxyl groups is 1. The first-order valence-electron chi connectivity index (χ1n) is 12.3. The molecule has 0 spiro atoms. The molecule has 0 saturated carbocycles. The predicted molar refractivity (Wildman–Crippen MR) is 135 cm³/mol. The van der Waals surface area contributed by atoms with Crippen LogP contribution in [0.3, 0.4) is 0 Å². The summed E-state index contributed by atoms with van der Waals surface area (Å²) < 4.78 is 10.5. The number of ether oxygens (including phenoxy) is 2. The van der Waals surface area contributed by atoms with E-state index in [0.29, 0.717) is 36.2 Å². The zero-order valence-electron chi connectivity index (χ0n) is 21.1. The minimum atomic E-state index is -0.782. The van der Waals surface area contributed by atoms with Crippen molar-refractivity contribution in [1.82, 2.24) is 9.80 Å². The summed E-state index contributed by atoms with van der Waals surface area (Å²) in [5.41, 5.74) is 2.43.